The van der Waals surface area contributed by atoms with Crippen LogP contribution in [0.3, 0.4) is 0 Å². The van der Waals surface area contributed by atoms with Crippen molar-refractivity contribution in [2.75, 3.05) is 23.8 Å². The van der Waals surface area contributed by atoms with Gasteiger partial charge in [-0.1, -0.05) is 35.9 Å². The van der Waals surface area contributed by atoms with Gasteiger partial charge in [0.25, 0.3) is 11.8 Å². The fraction of sp³-hybridized carbons (Fsp3) is 0.0909. The van der Waals surface area contributed by atoms with Gasteiger partial charge in [0.15, 0.2) is 11.5 Å². The molecule has 2 N–H and O–H groups in total. The van der Waals surface area contributed by atoms with Gasteiger partial charge >= 0.3 is 0 Å². The molecule has 0 aliphatic carbocycles. The zero-order valence-electron chi connectivity index (χ0n) is 15.3. The lowest BCUT2D eigenvalue weighted by molar-refractivity contribution is 0.101. The third-order valence-corrected chi connectivity index (χ3v) is 4.55. The van der Waals surface area contributed by atoms with Gasteiger partial charge < -0.3 is 20.1 Å². The molecule has 0 spiro atoms. The molecule has 1 aliphatic heterocycles. The molecule has 29 heavy (non-hydrogen) atoms. The normalized spacial score (nSPS) is 12.2. The summed E-state index contributed by atoms with van der Waals surface area (Å²) in [6.07, 6.45) is 0. The summed E-state index contributed by atoms with van der Waals surface area (Å²) >= 11 is 6.20. The van der Waals surface area contributed by atoms with E-state index >= 15 is 0 Å². The van der Waals surface area contributed by atoms with Crippen molar-refractivity contribution in [3.8, 4) is 11.5 Å². The summed E-state index contributed by atoms with van der Waals surface area (Å²) in [6, 6.07) is 18.9. The second-order valence-corrected chi connectivity index (χ2v) is 6.74. The highest BCUT2D eigenvalue weighted by Gasteiger charge is 2.19. The molecule has 2 amide bonds. The molecule has 3 aromatic carbocycles. The van der Waals surface area contributed by atoms with E-state index in [1.54, 1.807) is 54.6 Å². The molecule has 0 aromatic heterocycles. The Morgan fingerprint density at radius 3 is 2.14 bits per heavy atom. The lowest BCUT2D eigenvalue weighted by Gasteiger charge is -2.20. The predicted molar refractivity (Wildman–Crippen MR) is 111 cm³/mol. The number of halogens is 1. The van der Waals surface area contributed by atoms with Gasteiger partial charge in [0.05, 0.1) is 5.02 Å². The third kappa shape index (κ3) is 4.33. The van der Waals surface area contributed by atoms with Crippen molar-refractivity contribution in [1.82, 2.24) is 0 Å². The van der Waals surface area contributed by atoms with Crippen LogP contribution in [0.5, 0.6) is 11.5 Å². The summed E-state index contributed by atoms with van der Waals surface area (Å²) in [7, 11) is 0. The molecule has 0 atom stereocenters. The SMILES string of the molecule is O=C(Nc1cccc(NC(=O)c2cc(Cl)c3c(c2)OCCO3)c1)c1ccccc1. The molecule has 7 heteroatoms. The molecular formula is C22H17ClN2O4. The number of hydrogen-bond acceptors (Lipinski definition) is 4. The van der Waals surface area contributed by atoms with E-state index in [9.17, 15) is 9.59 Å². The Bertz CT molecular complexity index is 1070. The average Bonchev–Trinajstić information content (AvgIpc) is 2.74. The van der Waals surface area contributed by atoms with Gasteiger partial charge in [0.2, 0.25) is 0 Å². The molecule has 0 unspecified atom stereocenters. The van der Waals surface area contributed by atoms with E-state index < -0.39 is 0 Å². The Labute approximate surface area is 172 Å². The first-order valence-electron chi connectivity index (χ1n) is 8.97. The van der Waals surface area contributed by atoms with Crippen molar-refractivity contribution >= 4 is 34.8 Å². The summed E-state index contributed by atoms with van der Waals surface area (Å²) in [6.45, 7) is 0.817. The molecule has 6 nitrogen and oxygen atoms in total. The van der Waals surface area contributed by atoms with E-state index in [-0.39, 0.29) is 11.8 Å². The number of amides is 2. The van der Waals surface area contributed by atoms with Crippen molar-refractivity contribution in [3.63, 3.8) is 0 Å². The molecular weight excluding hydrogens is 392 g/mol. The zero-order chi connectivity index (χ0) is 20.2. The van der Waals surface area contributed by atoms with Crippen molar-refractivity contribution < 1.29 is 19.1 Å². The largest absolute Gasteiger partial charge is 0.486 e. The second-order valence-electron chi connectivity index (χ2n) is 6.34. The fourth-order valence-corrected chi connectivity index (χ4v) is 3.18. The van der Waals surface area contributed by atoms with Gasteiger partial charge in [-0.3, -0.25) is 9.59 Å². The zero-order valence-corrected chi connectivity index (χ0v) is 16.0. The summed E-state index contributed by atoms with van der Waals surface area (Å²) < 4.78 is 11.0. The van der Waals surface area contributed by atoms with Crippen LogP contribution in [-0.2, 0) is 0 Å². The topological polar surface area (TPSA) is 76.7 Å². The van der Waals surface area contributed by atoms with Crippen LogP contribution >= 0.6 is 11.6 Å². The number of hydrogen-bond donors (Lipinski definition) is 2. The maximum atomic E-state index is 12.7. The first-order valence-corrected chi connectivity index (χ1v) is 9.35. The van der Waals surface area contributed by atoms with Crippen molar-refractivity contribution in [3.05, 3.63) is 82.9 Å². The van der Waals surface area contributed by atoms with Crippen LogP contribution in [0, 0.1) is 0 Å². The molecule has 1 aliphatic rings. The van der Waals surface area contributed by atoms with Crippen molar-refractivity contribution in [2.24, 2.45) is 0 Å². The van der Waals surface area contributed by atoms with E-state index in [0.29, 0.717) is 52.2 Å². The minimum Gasteiger partial charge on any atom is -0.486 e. The lowest BCUT2D eigenvalue weighted by Crippen LogP contribution is -2.18. The van der Waals surface area contributed by atoms with E-state index in [4.69, 9.17) is 21.1 Å². The average molecular weight is 409 g/mol. The van der Waals surface area contributed by atoms with Crippen molar-refractivity contribution in [2.45, 2.75) is 0 Å². The first kappa shape index (κ1) is 18.8. The van der Waals surface area contributed by atoms with E-state index in [1.807, 2.05) is 6.07 Å². The molecule has 4 rings (SSSR count). The summed E-state index contributed by atoms with van der Waals surface area (Å²) in [5, 5.41) is 5.93. The molecule has 0 radical (unpaired) electrons. The Kier molecular flexibility index (Phi) is 5.35. The van der Waals surface area contributed by atoms with E-state index in [1.165, 1.54) is 6.07 Å². The van der Waals surface area contributed by atoms with Gasteiger partial charge in [-0.15, -0.1) is 0 Å². The highest BCUT2D eigenvalue weighted by Crippen LogP contribution is 2.38. The van der Waals surface area contributed by atoms with Gasteiger partial charge in [-0.25, -0.2) is 0 Å². The number of fused-ring (bicyclic) bond motifs is 1. The first-order chi connectivity index (χ1) is 14.1. The minimum absolute atomic E-state index is 0.229. The summed E-state index contributed by atoms with van der Waals surface area (Å²) in [4.78, 5) is 25.0. The molecule has 3 aromatic rings. The highest BCUT2D eigenvalue weighted by molar-refractivity contribution is 6.32. The maximum absolute atomic E-state index is 12.7. The number of nitrogens with one attached hydrogen (secondary N) is 2. The molecule has 1 heterocycles. The second kappa shape index (κ2) is 8.24. The van der Waals surface area contributed by atoms with E-state index in [2.05, 4.69) is 10.6 Å². The molecule has 0 bridgehead atoms. The van der Waals surface area contributed by atoms with Gasteiger partial charge in [-0.2, -0.15) is 0 Å². The van der Waals surface area contributed by atoms with Crippen LogP contribution in [0.25, 0.3) is 0 Å². The molecule has 0 fully saturated rings. The van der Waals surface area contributed by atoms with Crippen LogP contribution in [0.4, 0.5) is 11.4 Å². The summed E-state index contributed by atoms with van der Waals surface area (Å²) in [5.74, 6) is 0.306. The molecule has 0 saturated carbocycles. The van der Waals surface area contributed by atoms with Crippen LogP contribution in [0.1, 0.15) is 20.7 Å². The Morgan fingerprint density at radius 1 is 0.759 bits per heavy atom. The third-order valence-electron chi connectivity index (χ3n) is 4.27. The van der Waals surface area contributed by atoms with Gasteiger partial charge in [-0.05, 0) is 42.5 Å². The standard InChI is InChI=1S/C22H17ClN2O4/c23-18-11-15(12-19-20(18)29-10-9-28-19)22(27)25-17-8-4-7-16(13-17)24-21(26)14-5-2-1-3-6-14/h1-8,11-13H,9-10H2,(H,24,26)(H,25,27). The highest BCUT2D eigenvalue weighted by atomic mass is 35.5. The fourth-order valence-electron chi connectivity index (χ4n) is 2.91. The Hall–Kier alpha value is -3.51. The predicted octanol–water partition coefficient (Wildman–Crippen LogP) is 4.62. The van der Waals surface area contributed by atoms with Gasteiger partial charge in [0, 0.05) is 22.5 Å². The van der Waals surface area contributed by atoms with Gasteiger partial charge in [0.1, 0.15) is 13.2 Å². The Balaban J connectivity index is 1.49. The van der Waals surface area contributed by atoms with Crippen molar-refractivity contribution in [1.29, 1.82) is 0 Å². The smallest absolute Gasteiger partial charge is 0.255 e. The maximum Gasteiger partial charge on any atom is 0.255 e. The van der Waals surface area contributed by atoms with Crippen LogP contribution in [0.15, 0.2) is 66.7 Å². The van der Waals surface area contributed by atoms with Crippen LogP contribution < -0.4 is 20.1 Å². The lowest BCUT2D eigenvalue weighted by atomic mass is 10.1. The Morgan fingerprint density at radius 2 is 1.41 bits per heavy atom. The number of ether oxygens (including phenoxy) is 2. The molecule has 0 saturated heterocycles. The summed E-state index contributed by atoms with van der Waals surface area (Å²) in [5.41, 5.74) is 1.99. The molecule has 146 valence electrons. The number of anilines is 2. The minimum atomic E-state index is -0.351. The number of carbonyl (C=O) groups is 2. The quantitative estimate of drug-likeness (QED) is 0.660. The number of carbonyl (C=O) groups excluding carboxylic acids is 2. The van der Waals surface area contributed by atoms with E-state index in [0.717, 1.165) is 0 Å². The number of rotatable bonds is 4. The number of benzene rings is 3. The van der Waals surface area contributed by atoms with Crippen LogP contribution in [0.2, 0.25) is 5.02 Å². The monoisotopic (exact) mass is 408 g/mol. The van der Waals surface area contributed by atoms with Crippen LogP contribution in [-0.4, -0.2) is 25.0 Å².